The fourth-order valence-corrected chi connectivity index (χ4v) is 2.52. The fraction of sp³-hybridized carbons (Fsp3) is 0.188. The molecule has 1 amide bonds. The average molecular weight is 289 g/mol. The summed E-state index contributed by atoms with van der Waals surface area (Å²) in [6.07, 6.45) is 0.921. The summed E-state index contributed by atoms with van der Waals surface area (Å²) in [5.41, 5.74) is 9.61. The van der Waals surface area contributed by atoms with Gasteiger partial charge in [-0.15, -0.1) is 12.4 Å². The van der Waals surface area contributed by atoms with Gasteiger partial charge in [0, 0.05) is 24.3 Å². The van der Waals surface area contributed by atoms with E-state index in [0.717, 1.165) is 13.0 Å². The average Bonchev–Trinajstić information content (AvgIpc) is 2.46. The molecule has 0 radical (unpaired) electrons. The van der Waals surface area contributed by atoms with E-state index in [9.17, 15) is 4.79 Å². The van der Waals surface area contributed by atoms with Gasteiger partial charge in [0.2, 0.25) is 0 Å². The molecule has 104 valence electrons. The Kier molecular flexibility index (Phi) is 4.30. The predicted molar refractivity (Wildman–Crippen MR) is 83.0 cm³/mol. The summed E-state index contributed by atoms with van der Waals surface area (Å²) in [5.74, 6) is 0.0572. The van der Waals surface area contributed by atoms with Gasteiger partial charge in [0.05, 0.1) is 0 Å². The van der Waals surface area contributed by atoms with Crippen LogP contribution in [0, 0.1) is 0 Å². The van der Waals surface area contributed by atoms with Crippen molar-refractivity contribution in [1.29, 1.82) is 0 Å². The molecule has 1 aliphatic rings. The van der Waals surface area contributed by atoms with Crippen LogP contribution in [-0.2, 0) is 13.0 Å². The number of nitrogens with two attached hydrogens (primary N) is 1. The Bertz CT molecular complexity index is 627. The van der Waals surface area contributed by atoms with Gasteiger partial charge >= 0.3 is 0 Å². The molecule has 2 aromatic rings. The van der Waals surface area contributed by atoms with Crippen molar-refractivity contribution >= 4 is 24.0 Å². The van der Waals surface area contributed by atoms with Crippen LogP contribution in [0.1, 0.15) is 21.5 Å². The monoisotopic (exact) mass is 288 g/mol. The molecular formula is C16H17ClN2O. The summed E-state index contributed by atoms with van der Waals surface area (Å²) in [6, 6.07) is 15.5. The molecule has 2 aromatic carbocycles. The standard InChI is InChI=1S/C16H16N2O.ClH/c17-15-7-3-6-13(10-15)16(19)18-9-8-12-4-1-2-5-14(12)11-18;/h1-7,10H,8-9,11,17H2;1H. The lowest BCUT2D eigenvalue weighted by Crippen LogP contribution is -2.35. The highest BCUT2D eigenvalue weighted by molar-refractivity contribution is 5.95. The summed E-state index contributed by atoms with van der Waals surface area (Å²) in [5, 5.41) is 0. The number of hydrogen-bond donors (Lipinski definition) is 1. The summed E-state index contributed by atoms with van der Waals surface area (Å²) < 4.78 is 0. The summed E-state index contributed by atoms with van der Waals surface area (Å²) in [6.45, 7) is 1.45. The van der Waals surface area contributed by atoms with Crippen molar-refractivity contribution in [1.82, 2.24) is 4.90 Å². The van der Waals surface area contributed by atoms with E-state index in [1.165, 1.54) is 11.1 Å². The number of hydrogen-bond acceptors (Lipinski definition) is 2. The van der Waals surface area contributed by atoms with Gasteiger partial charge in [0.25, 0.3) is 5.91 Å². The van der Waals surface area contributed by atoms with Crippen molar-refractivity contribution in [3.63, 3.8) is 0 Å². The van der Waals surface area contributed by atoms with Crippen molar-refractivity contribution < 1.29 is 4.79 Å². The molecule has 0 bridgehead atoms. The zero-order valence-corrected chi connectivity index (χ0v) is 11.9. The van der Waals surface area contributed by atoms with Crippen molar-refractivity contribution in [3.8, 4) is 0 Å². The van der Waals surface area contributed by atoms with Gasteiger partial charge in [-0.25, -0.2) is 0 Å². The Labute approximate surface area is 124 Å². The molecule has 3 nitrogen and oxygen atoms in total. The minimum absolute atomic E-state index is 0. The highest BCUT2D eigenvalue weighted by Crippen LogP contribution is 2.20. The number of nitrogen functional groups attached to an aromatic ring is 1. The number of anilines is 1. The number of nitrogens with zero attached hydrogens (tertiary/aromatic N) is 1. The van der Waals surface area contributed by atoms with E-state index in [1.54, 1.807) is 12.1 Å². The molecule has 0 saturated carbocycles. The molecule has 0 atom stereocenters. The summed E-state index contributed by atoms with van der Waals surface area (Å²) in [4.78, 5) is 14.3. The van der Waals surface area contributed by atoms with Gasteiger partial charge in [-0.3, -0.25) is 4.79 Å². The highest BCUT2D eigenvalue weighted by Gasteiger charge is 2.21. The van der Waals surface area contributed by atoms with Crippen LogP contribution < -0.4 is 5.73 Å². The van der Waals surface area contributed by atoms with E-state index in [0.29, 0.717) is 17.8 Å². The number of rotatable bonds is 1. The highest BCUT2D eigenvalue weighted by atomic mass is 35.5. The third-order valence-corrected chi connectivity index (χ3v) is 3.55. The lowest BCUT2D eigenvalue weighted by Gasteiger charge is -2.29. The molecule has 2 N–H and O–H groups in total. The minimum Gasteiger partial charge on any atom is -0.399 e. The maximum Gasteiger partial charge on any atom is 0.254 e. The number of amides is 1. The lowest BCUT2D eigenvalue weighted by molar-refractivity contribution is 0.0735. The molecule has 0 aliphatic carbocycles. The molecule has 0 unspecified atom stereocenters. The summed E-state index contributed by atoms with van der Waals surface area (Å²) in [7, 11) is 0. The largest absolute Gasteiger partial charge is 0.399 e. The first-order valence-electron chi connectivity index (χ1n) is 6.45. The first kappa shape index (κ1) is 14.4. The van der Waals surface area contributed by atoms with Crippen LogP contribution in [0.25, 0.3) is 0 Å². The van der Waals surface area contributed by atoms with Crippen LogP contribution >= 0.6 is 12.4 Å². The van der Waals surface area contributed by atoms with E-state index in [2.05, 4.69) is 12.1 Å². The molecule has 0 saturated heterocycles. The quantitative estimate of drug-likeness (QED) is 0.820. The van der Waals surface area contributed by atoms with Crippen LogP contribution in [0.4, 0.5) is 5.69 Å². The van der Waals surface area contributed by atoms with E-state index >= 15 is 0 Å². The molecule has 0 aromatic heterocycles. The SMILES string of the molecule is Cl.Nc1cccc(C(=O)N2CCc3ccccc3C2)c1. The number of carbonyl (C=O) groups excluding carboxylic acids is 1. The normalized spacial score (nSPS) is 13.3. The predicted octanol–water partition coefficient (Wildman–Crippen LogP) is 2.89. The molecule has 0 fully saturated rings. The second-order valence-electron chi connectivity index (χ2n) is 4.87. The van der Waals surface area contributed by atoms with Gasteiger partial charge < -0.3 is 10.6 Å². The first-order valence-corrected chi connectivity index (χ1v) is 6.45. The minimum atomic E-state index is 0. The van der Waals surface area contributed by atoms with E-state index in [4.69, 9.17) is 5.73 Å². The van der Waals surface area contributed by atoms with Crippen LogP contribution in [0.15, 0.2) is 48.5 Å². The third kappa shape index (κ3) is 2.78. The Hall–Kier alpha value is -2.00. The van der Waals surface area contributed by atoms with Gasteiger partial charge in [-0.2, -0.15) is 0 Å². The van der Waals surface area contributed by atoms with E-state index < -0.39 is 0 Å². The van der Waals surface area contributed by atoms with Crippen molar-refractivity contribution in [2.45, 2.75) is 13.0 Å². The maximum absolute atomic E-state index is 12.4. The fourth-order valence-electron chi connectivity index (χ4n) is 2.52. The lowest BCUT2D eigenvalue weighted by atomic mass is 9.99. The molecular weight excluding hydrogens is 272 g/mol. The first-order chi connectivity index (χ1) is 9.24. The van der Waals surface area contributed by atoms with Crippen molar-refractivity contribution in [2.75, 3.05) is 12.3 Å². The Morgan fingerprint density at radius 2 is 1.80 bits per heavy atom. The van der Waals surface area contributed by atoms with Crippen LogP contribution in [0.3, 0.4) is 0 Å². The van der Waals surface area contributed by atoms with Gasteiger partial charge in [0.15, 0.2) is 0 Å². The Morgan fingerprint density at radius 3 is 2.55 bits per heavy atom. The van der Waals surface area contributed by atoms with Gasteiger partial charge in [0.1, 0.15) is 0 Å². The van der Waals surface area contributed by atoms with E-state index in [1.807, 2.05) is 29.2 Å². The summed E-state index contributed by atoms with van der Waals surface area (Å²) >= 11 is 0. The number of benzene rings is 2. The smallest absolute Gasteiger partial charge is 0.254 e. The Balaban J connectivity index is 0.00000147. The second kappa shape index (κ2) is 5.97. The van der Waals surface area contributed by atoms with Gasteiger partial charge in [-0.05, 0) is 35.7 Å². The molecule has 3 rings (SSSR count). The van der Waals surface area contributed by atoms with Crippen LogP contribution in [-0.4, -0.2) is 17.4 Å². The molecule has 4 heteroatoms. The number of halogens is 1. The van der Waals surface area contributed by atoms with Crippen LogP contribution in [0.2, 0.25) is 0 Å². The Morgan fingerprint density at radius 1 is 1.05 bits per heavy atom. The number of fused-ring (bicyclic) bond motifs is 1. The van der Waals surface area contributed by atoms with Gasteiger partial charge in [-0.1, -0.05) is 30.3 Å². The zero-order valence-electron chi connectivity index (χ0n) is 11.1. The van der Waals surface area contributed by atoms with Crippen molar-refractivity contribution in [2.24, 2.45) is 0 Å². The molecule has 20 heavy (non-hydrogen) atoms. The molecule has 1 heterocycles. The molecule has 1 aliphatic heterocycles. The second-order valence-corrected chi connectivity index (χ2v) is 4.87. The zero-order chi connectivity index (χ0) is 13.2. The topological polar surface area (TPSA) is 46.3 Å². The van der Waals surface area contributed by atoms with Crippen LogP contribution in [0.5, 0.6) is 0 Å². The van der Waals surface area contributed by atoms with E-state index in [-0.39, 0.29) is 18.3 Å². The number of carbonyl (C=O) groups is 1. The van der Waals surface area contributed by atoms with Crippen molar-refractivity contribution in [3.05, 3.63) is 65.2 Å². The third-order valence-electron chi connectivity index (χ3n) is 3.55. The molecule has 0 spiro atoms. The maximum atomic E-state index is 12.4.